The fourth-order valence-corrected chi connectivity index (χ4v) is 5.54. The van der Waals surface area contributed by atoms with Gasteiger partial charge in [-0.2, -0.15) is 0 Å². The molecule has 0 aromatic heterocycles. The topological polar surface area (TPSA) is 66.8 Å². The second-order valence-electron chi connectivity index (χ2n) is 11.7. The number of hydrogen-bond donors (Lipinski definition) is 2. The molecule has 0 bridgehead atoms. The molecule has 0 saturated carbocycles. The Morgan fingerprint density at radius 3 is 2.44 bits per heavy atom. The van der Waals surface area contributed by atoms with Crippen LogP contribution >= 0.6 is 0 Å². The summed E-state index contributed by atoms with van der Waals surface area (Å²) in [6, 6.07) is 0. The summed E-state index contributed by atoms with van der Waals surface area (Å²) in [6.45, 7) is 20.4. The molecule has 1 aliphatic carbocycles. The van der Waals surface area contributed by atoms with E-state index in [1.54, 1.807) is 19.9 Å². The van der Waals surface area contributed by atoms with Crippen molar-refractivity contribution in [3.05, 3.63) is 35.5 Å². The maximum absolute atomic E-state index is 12.8. The molecule has 4 unspecified atom stereocenters. The summed E-state index contributed by atoms with van der Waals surface area (Å²) in [7, 11) is 0. The van der Waals surface area contributed by atoms with Gasteiger partial charge < -0.3 is 14.9 Å². The van der Waals surface area contributed by atoms with Crippen molar-refractivity contribution in [2.24, 2.45) is 17.3 Å². The van der Waals surface area contributed by atoms with Gasteiger partial charge in [-0.25, -0.2) is 0 Å². The van der Waals surface area contributed by atoms with E-state index in [0.717, 1.165) is 43.3 Å². The molecular weight excluding hydrogens is 400 g/mol. The molecule has 1 fully saturated rings. The summed E-state index contributed by atoms with van der Waals surface area (Å²) in [5.74, 6) is -1.16. The van der Waals surface area contributed by atoms with Gasteiger partial charge in [-0.3, -0.25) is 4.79 Å². The van der Waals surface area contributed by atoms with Gasteiger partial charge in [-0.05, 0) is 90.2 Å². The van der Waals surface area contributed by atoms with E-state index >= 15 is 0 Å². The number of allylic oxidation sites excluding steroid dienone is 3. The lowest BCUT2D eigenvalue weighted by atomic mass is 9.72. The van der Waals surface area contributed by atoms with Crippen LogP contribution in [-0.4, -0.2) is 33.0 Å². The number of rotatable bonds is 11. The fourth-order valence-electron chi connectivity index (χ4n) is 5.54. The first-order chi connectivity index (χ1) is 14.5. The van der Waals surface area contributed by atoms with Crippen molar-refractivity contribution in [2.75, 3.05) is 0 Å². The van der Waals surface area contributed by atoms with Gasteiger partial charge in [0.1, 0.15) is 0 Å². The Balaban J connectivity index is 1.97. The van der Waals surface area contributed by atoms with Crippen LogP contribution in [-0.2, 0) is 9.53 Å². The van der Waals surface area contributed by atoms with Crippen molar-refractivity contribution >= 4 is 5.78 Å². The highest BCUT2D eigenvalue weighted by molar-refractivity contribution is 5.92. The van der Waals surface area contributed by atoms with Gasteiger partial charge in [0.15, 0.2) is 11.6 Å². The van der Waals surface area contributed by atoms with Crippen LogP contribution in [0.25, 0.3) is 0 Å². The van der Waals surface area contributed by atoms with Gasteiger partial charge in [0, 0.05) is 11.8 Å². The van der Waals surface area contributed by atoms with E-state index in [2.05, 4.69) is 41.2 Å². The van der Waals surface area contributed by atoms with Crippen molar-refractivity contribution in [1.82, 2.24) is 0 Å². The molecule has 1 saturated heterocycles. The zero-order chi connectivity index (χ0) is 24.5. The number of ketones is 1. The van der Waals surface area contributed by atoms with Gasteiger partial charge in [0.2, 0.25) is 0 Å². The number of ether oxygens (including phenoxy) is 1. The molecule has 2 N–H and O–H groups in total. The van der Waals surface area contributed by atoms with Crippen molar-refractivity contribution in [3.63, 3.8) is 0 Å². The summed E-state index contributed by atoms with van der Waals surface area (Å²) in [6.07, 6.45) is 8.83. The van der Waals surface area contributed by atoms with Crippen molar-refractivity contribution in [1.29, 1.82) is 0 Å². The van der Waals surface area contributed by atoms with E-state index in [1.165, 1.54) is 5.57 Å². The van der Waals surface area contributed by atoms with E-state index in [-0.39, 0.29) is 23.0 Å². The van der Waals surface area contributed by atoms with Gasteiger partial charge in [0.05, 0.1) is 11.2 Å². The lowest BCUT2D eigenvalue weighted by molar-refractivity contribution is -0.203. The Morgan fingerprint density at radius 1 is 1.31 bits per heavy atom. The van der Waals surface area contributed by atoms with E-state index in [9.17, 15) is 15.0 Å². The summed E-state index contributed by atoms with van der Waals surface area (Å²) in [5.41, 5.74) is 2.04. The van der Waals surface area contributed by atoms with Gasteiger partial charge in [-0.15, -0.1) is 0 Å². The highest BCUT2D eigenvalue weighted by Crippen LogP contribution is 2.58. The predicted octanol–water partition coefficient (Wildman–Crippen LogP) is 6.28. The van der Waals surface area contributed by atoms with Gasteiger partial charge in [-0.1, -0.05) is 51.0 Å². The Hall–Kier alpha value is -1.23. The van der Waals surface area contributed by atoms with Crippen LogP contribution in [0.1, 0.15) is 100 Å². The number of carbonyl (C=O) groups is 1. The normalized spacial score (nSPS) is 30.8. The van der Waals surface area contributed by atoms with Crippen LogP contribution in [0.5, 0.6) is 0 Å². The minimum Gasteiger partial charge on any atom is -0.390 e. The van der Waals surface area contributed by atoms with E-state index in [0.29, 0.717) is 12.8 Å². The zero-order valence-electron chi connectivity index (χ0n) is 21.7. The molecule has 2 rings (SSSR count). The molecule has 1 heterocycles. The Bertz CT molecular complexity index is 782. The fraction of sp³-hybridized carbons (Fsp3) is 0.750. The second-order valence-corrected chi connectivity index (χ2v) is 11.7. The van der Waals surface area contributed by atoms with Crippen LogP contribution in [0.3, 0.4) is 0 Å². The van der Waals surface area contributed by atoms with E-state index in [1.807, 2.05) is 13.0 Å². The SMILES string of the molecule is C=C(CC/C(=C/C(=O)C(CC)CC(C)(C)O)CC)CC1(C)CC2C(O)(C=C(C)C2(C)C)O1. The molecule has 182 valence electrons. The van der Waals surface area contributed by atoms with Crippen LogP contribution in [0, 0.1) is 17.3 Å². The smallest absolute Gasteiger partial charge is 0.189 e. The van der Waals surface area contributed by atoms with Gasteiger partial charge >= 0.3 is 0 Å². The third-order valence-electron chi connectivity index (χ3n) is 7.72. The minimum atomic E-state index is -1.18. The van der Waals surface area contributed by atoms with Crippen molar-refractivity contribution < 1.29 is 19.7 Å². The average Bonchev–Trinajstić information content (AvgIpc) is 3.00. The average molecular weight is 447 g/mol. The molecule has 0 radical (unpaired) electrons. The third kappa shape index (κ3) is 6.21. The van der Waals surface area contributed by atoms with Gasteiger partial charge in [0.25, 0.3) is 0 Å². The quantitative estimate of drug-likeness (QED) is 0.290. The lowest BCUT2D eigenvalue weighted by Crippen LogP contribution is -2.36. The number of aliphatic hydroxyl groups is 2. The second kappa shape index (κ2) is 9.56. The number of hydrogen-bond acceptors (Lipinski definition) is 4. The first-order valence-corrected chi connectivity index (χ1v) is 12.3. The number of fused-ring (bicyclic) bond motifs is 1. The molecular formula is C28H46O4. The molecule has 1 aliphatic heterocycles. The lowest BCUT2D eigenvalue weighted by Gasteiger charge is -2.30. The Labute approximate surface area is 195 Å². The molecule has 0 aromatic carbocycles. The van der Waals surface area contributed by atoms with Crippen LogP contribution in [0.15, 0.2) is 35.5 Å². The summed E-state index contributed by atoms with van der Waals surface area (Å²) < 4.78 is 6.25. The van der Waals surface area contributed by atoms with E-state index in [4.69, 9.17) is 4.74 Å². The maximum atomic E-state index is 12.8. The third-order valence-corrected chi connectivity index (χ3v) is 7.72. The first kappa shape index (κ1) is 27.0. The minimum absolute atomic E-state index is 0.0540. The molecule has 4 nitrogen and oxygen atoms in total. The molecule has 0 amide bonds. The largest absolute Gasteiger partial charge is 0.390 e. The first-order valence-electron chi connectivity index (χ1n) is 12.3. The van der Waals surface area contributed by atoms with Crippen LogP contribution < -0.4 is 0 Å². The molecule has 0 spiro atoms. The summed E-state index contributed by atoms with van der Waals surface area (Å²) in [5, 5.41) is 21.2. The monoisotopic (exact) mass is 446 g/mol. The molecule has 32 heavy (non-hydrogen) atoms. The molecule has 4 heteroatoms. The van der Waals surface area contributed by atoms with Crippen molar-refractivity contribution in [2.45, 2.75) is 117 Å². The summed E-state index contributed by atoms with van der Waals surface area (Å²) in [4.78, 5) is 12.8. The summed E-state index contributed by atoms with van der Waals surface area (Å²) >= 11 is 0. The standard InChI is InChI=1S/C28H46O4/c1-10-21(14-23(29)22(11-2)17-25(5,6)30)13-12-19(3)15-27(9)18-24-26(7,8)20(4)16-28(24,31)32-27/h14,16,22,24,30-31H,3,10-13,15,17-18H2,1-2,4-9H3/b21-14+. The van der Waals surface area contributed by atoms with Crippen LogP contribution in [0.4, 0.5) is 0 Å². The number of carbonyl (C=O) groups excluding carboxylic acids is 1. The molecule has 2 aliphatic rings. The molecule has 0 aromatic rings. The highest BCUT2D eigenvalue weighted by Gasteiger charge is 2.60. The Kier molecular flexibility index (Phi) is 8.07. The van der Waals surface area contributed by atoms with Crippen molar-refractivity contribution in [3.8, 4) is 0 Å². The molecule has 4 atom stereocenters. The zero-order valence-corrected chi connectivity index (χ0v) is 21.7. The Morgan fingerprint density at radius 2 is 1.94 bits per heavy atom. The van der Waals surface area contributed by atoms with Crippen LogP contribution in [0.2, 0.25) is 0 Å². The maximum Gasteiger partial charge on any atom is 0.189 e. The van der Waals surface area contributed by atoms with E-state index < -0.39 is 17.0 Å². The highest BCUT2D eigenvalue weighted by atomic mass is 16.6. The predicted molar refractivity (Wildman–Crippen MR) is 131 cm³/mol.